The van der Waals surface area contributed by atoms with Gasteiger partial charge < -0.3 is 9.84 Å². The fraction of sp³-hybridized carbons (Fsp3) is 0.571. The molecule has 0 saturated carbocycles. The minimum Gasteiger partial charge on any atom is -0.466 e. The molecule has 1 unspecified atom stereocenters. The molecule has 1 rings (SSSR count). The Morgan fingerprint density at radius 2 is 2.33 bits per heavy atom. The maximum Gasteiger partial charge on any atom is 0.305 e. The van der Waals surface area contributed by atoms with E-state index >= 15 is 0 Å². The average Bonchev–Trinajstić information content (AvgIpc) is 2.62. The summed E-state index contributed by atoms with van der Waals surface area (Å²) in [5.41, 5.74) is 0.684. The number of ether oxygens (including phenoxy) is 1. The standard InChI is InChI=1S/C14H20O4/c1-2-18-14(17)8-6-4-3-5-7-11-9-12(15)10-13(11)16/h3,5,9,12,15H,2,4,6-8,10H2,1H3/b5-3-. The molecule has 4 heteroatoms. The van der Waals surface area contributed by atoms with Crippen LogP contribution in [0.4, 0.5) is 0 Å². The van der Waals surface area contributed by atoms with Crippen molar-refractivity contribution in [1.29, 1.82) is 0 Å². The lowest BCUT2D eigenvalue weighted by atomic mass is 10.1. The topological polar surface area (TPSA) is 63.6 Å². The van der Waals surface area contributed by atoms with Crippen molar-refractivity contribution >= 4 is 11.8 Å². The number of carbonyl (C=O) groups is 2. The fourth-order valence-electron chi connectivity index (χ4n) is 1.81. The number of aliphatic hydroxyl groups is 1. The second-order valence-electron chi connectivity index (χ2n) is 4.26. The number of hydrogen-bond donors (Lipinski definition) is 1. The monoisotopic (exact) mass is 252 g/mol. The Balaban J connectivity index is 2.13. The number of carbonyl (C=O) groups excluding carboxylic acids is 2. The molecule has 4 nitrogen and oxygen atoms in total. The summed E-state index contributed by atoms with van der Waals surface area (Å²) in [6.07, 6.45) is 7.63. The van der Waals surface area contributed by atoms with E-state index in [9.17, 15) is 14.7 Å². The Hall–Kier alpha value is -1.42. The Bertz CT molecular complexity index is 355. The van der Waals surface area contributed by atoms with Gasteiger partial charge in [0.15, 0.2) is 5.78 Å². The van der Waals surface area contributed by atoms with Crippen LogP contribution in [0, 0.1) is 0 Å². The first-order valence-electron chi connectivity index (χ1n) is 6.36. The molecule has 0 heterocycles. The number of esters is 1. The van der Waals surface area contributed by atoms with Crippen LogP contribution >= 0.6 is 0 Å². The number of hydrogen-bond acceptors (Lipinski definition) is 4. The van der Waals surface area contributed by atoms with Gasteiger partial charge in [0.05, 0.1) is 12.7 Å². The van der Waals surface area contributed by atoms with Crippen molar-refractivity contribution in [2.75, 3.05) is 6.61 Å². The third-order valence-corrected chi connectivity index (χ3v) is 2.71. The highest BCUT2D eigenvalue weighted by atomic mass is 16.5. The van der Waals surface area contributed by atoms with E-state index in [0.717, 1.165) is 12.8 Å². The molecule has 18 heavy (non-hydrogen) atoms. The molecular weight excluding hydrogens is 232 g/mol. The summed E-state index contributed by atoms with van der Waals surface area (Å²) in [6.45, 7) is 2.21. The van der Waals surface area contributed by atoms with Gasteiger partial charge in [-0.05, 0) is 37.8 Å². The van der Waals surface area contributed by atoms with Crippen molar-refractivity contribution < 1.29 is 19.4 Å². The van der Waals surface area contributed by atoms with Gasteiger partial charge in [0.1, 0.15) is 0 Å². The van der Waals surface area contributed by atoms with E-state index in [-0.39, 0.29) is 18.2 Å². The van der Waals surface area contributed by atoms with Crippen molar-refractivity contribution in [3.05, 3.63) is 23.8 Å². The summed E-state index contributed by atoms with van der Waals surface area (Å²) in [4.78, 5) is 22.4. The van der Waals surface area contributed by atoms with Crippen LogP contribution in [0.15, 0.2) is 23.8 Å². The SMILES string of the molecule is CCOC(=O)CCC/C=C\CC1=CC(O)CC1=O. The molecule has 1 atom stereocenters. The van der Waals surface area contributed by atoms with E-state index in [0.29, 0.717) is 25.0 Å². The number of aliphatic hydroxyl groups excluding tert-OH is 1. The molecule has 0 fully saturated rings. The Labute approximate surface area is 107 Å². The predicted molar refractivity (Wildman–Crippen MR) is 68.0 cm³/mol. The highest BCUT2D eigenvalue weighted by molar-refractivity contribution is 5.98. The van der Waals surface area contributed by atoms with Crippen molar-refractivity contribution in [2.24, 2.45) is 0 Å². The smallest absolute Gasteiger partial charge is 0.305 e. The molecule has 100 valence electrons. The molecule has 0 radical (unpaired) electrons. The second-order valence-corrected chi connectivity index (χ2v) is 4.26. The van der Waals surface area contributed by atoms with Crippen LogP contribution in [-0.4, -0.2) is 29.6 Å². The first-order valence-corrected chi connectivity index (χ1v) is 6.36. The van der Waals surface area contributed by atoms with E-state index in [1.807, 2.05) is 12.2 Å². The minimum absolute atomic E-state index is 0.0265. The number of unbranched alkanes of at least 4 members (excludes halogenated alkanes) is 1. The minimum atomic E-state index is -0.607. The van der Waals surface area contributed by atoms with Gasteiger partial charge in [-0.15, -0.1) is 0 Å². The Morgan fingerprint density at radius 3 is 2.94 bits per heavy atom. The average molecular weight is 252 g/mol. The molecule has 0 aromatic carbocycles. The summed E-state index contributed by atoms with van der Waals surface area (Å²) in [6, 6.07) is 0. The zero-order valence-electron chi connectivity index (χ0n) is 10.7. The quantitative estimate of drug-likeness (QED) is 0.427. The summed E-state index contributed by atoms with van der Waals surface area (Å²) in [7, 11) is 0. The Kier molecular flexibility index (Phi) is 6.36. The lowest BCUT2D eigenvalue weighted by Crippen LogP contribution is -2.02. The third kappa shape index (κ3) is 5.27. The van der Waals surface area contributed by atoms with Gasteiger partial charge in [-0.2, -0.15) is 0 Å². The van der Waals surface area contributed by atoms with Crippen LogP contribution in [-0.2, 0) is 14.3 Å². The molecule has 1 aliphatic carbocycles. The first-order chi connectivity index (χ1) is 8.63. The highest BCUT2D eigenvalue weighted by Crippen LogP contribution is 2.18. The third-order valence-electron chi connectivity index (χ3n) is 2.71. The molecule has 0 bridgehead atoms. The van der Waals surface area contributed by atoms with Crippen molar-refractivity contribution in [3.63, 3.8) is 0 Å². The maximum absolute atomic E-state index is 11.3. The Morgan fingerprint density at radius 1 is 1.56 bits per heavy atom. The number of allylic oxidation sites excluding steroid dienone is 3. The van der Waals surface area contributed by atoms with E-state index in [1.165, 1.54) is 0 Å². The first kappa shape index (κ1) is 14.6. The van der Waals surface area contributed by atoms with Crippen LogP contribution in [0.1, 0.15) is 39.0 Å². The van der Waals surface area contributed by atoms with E-state index in [4.69, 9.17) is 4.74 Å². The molecular formula is C14H20O4. The lowest BCUT2D eigenvalue weighted by Gasteiger charge is -1.99. The molecule has 0 amide bonds. The van der Waals surface area contributed by atoms with Crippen LogP contribution in [0.3, 0.4) is 0 Å². The van der Waals surface area contributed by atoms with Gasteiger partial charge in [0.25, 0.3) is 0 Å². The van der Waals surface area contributed by atoms with Gasteiger partial charge >= 0.3 is 5.97 Å². The molecule has 0 spiro atoms. The summed E-state index contributed by atoms with van der Waals surface area (Å²) < 4.78 is 4.81. The summed E-state index contributed by atoms with van der Waals surface area (Å²) in [5.74, 6) is -0.138. The largest absolute Gasteiger partial charge is 0.466 e. The predicted octanol–water partition coefficient (Wildman–Crippen LogP) is 1.93. The van der Waals surface area contributed by atoms with Crippen LogP contribution in [0.2, 0.25) is 0 Å². The molecule has 0 aromatic heterocycles. The molecule has 0 aliphatic heterocycles. The van der Waals surface area contributed by atoms with Crippen LogP contribution in [0.5, 0.6) is 0 Å². The normalized spacial score (nSPS) is 19.3. The van der Waals surface area contributed by atoms with Gasteiger partial charge in [0, 0.05) is 12.8 Å². The van der Waals surface area contributed by atoms with E-state index in [2.05, 4.69) is 0 Å². The van der Waals surface area contributed by atoms with E-state index < -0.39 is 6.10 Å². The zero-order valence-corrected chi connectivity index (χ0v) is 10.7. The number of Topliss-reactive ketones (excluding diaryl/α,β-unsaturated/α-hetero) is 1. The molecule has 1 aliphatic rings. The van der Waals surface area contributed by atoms with Gasteiger partial charge in [-0.3, -0.25) is 9.59 Å². The summed E-state index contributed by atoms with van der Waals surface area (Å²) >= 11 is 0. The van der Waals surface area contributed by atoms with Gasteiger partial charge in [0.2, 0.25) is 0 Å². The van der Waals surface area contributed by atoms with E-state index in [1.54, 1.807) is 13.0 Å². The van der Waals surface area contributed by atoms with Gasteiger partial charge in [-0.1, -0.05) is 12.2 Å². The number of rotatable bonds is 7. The van der Waals surface area contributed by atoms with Crippen molar-refractivity contribution in [1.82, 2.24) is 0 Å². The van der Waals surface area contributed by atoms with Crippen LogP contribution in [0.25, 0.3) is 0 Å². The fourth-order valence-corrected chi connectivity index (χ4v) is 1.81. The van der Waals surface area contributed by atoms with Crippen molar-refractivity contribution in [2.45, 2.75) is 45.1 Å². The number of ketones is 1. The molecule has 0 saturated heterocycles. The van der Waals surface area contributed by atoms with Gasteiger partial charge in [-0.25, -0.2) is 0 Å². The zero-order chi connectivity index (χ0) is 13.4. The lowest BCUT2D eigenvalue weighted by molar-refractivity contribution is -0.143. The molecule has 1 N–H and O–H groups in total. The van der Waals surface area contributed by atoms with Crippen LogP contribution < -0.4 is 0 Å². The highest BCUT2D eigenvalue weighted by Gasteiger charge is 2.20. The molecule has 0 aromatic rings. The summed E-state index contributed by atoms with van der Waals surface area (Å²) in [5, 5.41) is 9.25. The van der Waals surface area contributed by atoms with Crippen molar-refractivity contribution in [3.8, 4) is 0 Å². The second kappa shape index (κ2) is 7.82. The maximum atomic E-state index is 11.3.